The molecule has 0 saturated carbocycles. The summed E-state index contributed by atoms with van der Waals surface area (Å²) in [5.41, 5.74) is 1.28. The van der Waals surface area contributed by atoms with Crippen molar-refractivity contribution in [3.05, 3.63) is 35.9 Å². The van der Waals surface area contributed by atoms with E-state index in [1.165, 1.54) is 5.56 Å². The largest absolute Gasteiger partial charge is 0.357 e. The third-order valence-corrected chi connectivity index (χ3v) is 18.2. The van der Waals surface area contributed by atoms with Gasteiger partial charge in [-0.2, -0.15) is 0 Å². The summed E-state index contributed by atoms with van der Waals surface area (Å²) in [6.45, 7) is 25.8. The minimum Gasteiger partial charge on any atom is -0.357 e. The Bertz CT molecular complexity index is 692. The van der Waals surface area contributed by atoms with Gasteiger partial charge >= 0.3 is 0 Å². The molecule has 6 heteroatoms. The van der Waals surface area contributed by atoms with Gasteiger partial charge in [-0.25, -0.2) is 0 Å². The summed E-state index contributed by atoms with van der Waals surface area (Å²) < 4.78 is 12.2. The van der Waals surface area contributed by atoms with Crippen molar-refractivity contribution in [2.45, 2.75) is 110 Å². The molecule has 0 N–H and O–H groups in total. The summed E-state index contributed by atoms with van der Waals surface area (Å²) >= 11 is 6.95. The van der Waals surface area contributed by atoms with Crippen molar-refractivity contribution in [2.75, 3.05) is 0 Å². The molecule has 0 bridgehead atoms. The van der Waals surface area contributed by atoms with E-state index in [9.17, 15) is 0 Å². The van der Waals surface area contributed by atoms with E-state index in [0.717, 1.165) is 0 Å². The summed E-state index contributed by atoms with van der Waals surface area (Å²) in [6.07, 6.45) is -2.16. The van der Waals surface area contributed by atoms with Crippen LogP contribution in [0.4, 0.5) is 0 Å². The minimum atomic E-state index is -2.26. The van der Waals surface area contributed by atoms with Crippen LogP contribution < -0.4 is 0 Å². The number of epoxide rings is 1. The van der Waals surface area contributed by atoms with Crippen LogP contribution in [0.15, 0.2) is 30.3 Å². The summed E-state index contributed by atoms with van der Waals surface area (Å²) in [4.78, 5) is -0.250. The first-order valence-electron chi connectivity index (χ1n) is 11.1. The van der Waals surface area contributed by atoms with E-state index in [0.29, 0.717) is 24.2 Å². The molecule has 29 heavy (non-hydrogen) atoms. The molecule has 1 aromatic carbocycles. The molecule has 1 heterocycles. The van der Waals surface area contributed by atoms with Crippen molar-refractivity contribution < 1.29 is 4.74 Å². The summed E-state index contributed by atoms with van der Waals surface area (Å²) in [5.74, 6) is 0. The zero-order valence-electron chi connectivity index (χ0n) is 20.4. The van der Waals surface area contributed by atoms with Gasteiger partial charge in [0.05, 0.1) is 8.07 Å². The fourth-order valence-corrected chi connectivity index (χ4v) is 20.1. The first kappa shape index (κ1) is 25.2. The molecule has 0 spiro atoms. The molecular weight excluding hydrogens is 411 g/mol. The van der Waals surface area contributed by atoms with Gasteiger partial charge in [0.15, 0.2) is 0 Å². The van der Waals surface area contributed by atoms with Crippen molar-refractivity contribution >= 4 is 26.2 Å². The summed E-state index contributed by atoms with van der Waals surface area (Å²) in [5, 5.41) is 0. The predicted molar refractivity (Wildman–Crippen MR) is 135 cm³/mol. The van der Waals surface area contributed by atoms with Gasteiger partial charge in [-0.05, 0) is 61.0 Å². The molecule has 1 saturated heterocycles. The molecular formula is C23H43N2OPSSi. The molecule has 1 aliphatic rings. The molecule has 0 radical (unpaired) electrons. The Hall–Kier alpha value is -0.0331. The van der Waals surface area contributed by atoms with Crippen LogP contribution in [0.2, 0.25) is 19.6 Å². The van der Waals surface area contributed by atoms with Crippen LogP contribution in [0.3, 0.4) is 0 Å². The second-order valence-corrected chi connectivity index (χ2v) is 20.4. The maximum atomic E-state index is 6.95. The SMILES string of the molecule is CC(C)N(C(C)C)P(=S)(N(C(C)C)C(C)C)[C@]1([Si](C)(C)C)O[C@H]1c1ccccc1. The van der Waals surface area contributed by atoms with Crippen molar-refractivity contribution in [3.8, 4) is 0 Å². The highest BCUT2D eigenvalue weighted by Gasteiger charge is 2.75. The van der Waals surface area contributed by atoms with Gasteiger partial charge in [0.2, 0.25) is 0 Å². The predicted octanol–water partition coefficient (Wildman–Crippen LogP) is 6.88. The highest BCUT2D eigenvalue weighted by molar-refractivity contribution is 8.14. The smallest absolute Gasteiger partial charge is 0.140 e. The van der Waals surface area contributed by atoms with E-state index in [1.54, 1.807) is 0 Å². The fraction of sp³-hybridized carbons (Fsp3) is 0.739. The topological polar surface area (TPSA) is 19.0 Å². The van der Waals surface area contributed by atoms with Crippen molar-refractivity contribution in [1.82, 2.24) is 9.34 Å². The lowest BCUT2D eigenvalue weighted by molar-refractivity contribution is 0.242. The average molecular weight is 455 g/mol. The molecule has 1 aliphatic heterocycles. The van der Waals surface area contributed by atoms with Crippen LogP contribution in [0.25, 0.3) is 0 Å². The average Bonchev–Trinajstić information content (AvgIpc) is 3.31. The van der Waals surface area contributed by atoms with Crippen molar-refractivity contribution in [2.24, 2.45) is 0 Å². The monoisotopic (exact) mass is 454 g/mol. The quantitative estimate of drug-likeness (QED) is 0.230. The molecule has 0 amide bonds. The number of ether oxygens (including phenoxy) is 1. The molecule has 166 valence electrons. The van der Waals surface area contributed by atoms with Crippen LogP contribution in [0.5, 0.6) is 0 Å². The second-order valence-electron chi connectivity index (χ2n) is 10.5. The summed E-state index contributed by atoms with van der Waals surface area (Å²) in [7, 11) is -1.82. The lowest BCUT2D eigenvalue weighted by Crippen LogP contribution is -2.55. The van der Waals surface area contributed by atoms with Gasteiger partial charge in [-0.3, -0.25) is 9.34 Å². The Morgan fingerprint density at radius 1 is 0.828 bits per heavy atom. The standard InChI is InChI=1S/C23H43N2OPSSi/c1-17(2)24(18(3)4)27(28,25(19(5)6)20(7)8)23(29(9,10)11)22(26-23)21-15-13-12-14-16-21/h12-20,22H,1-11H3/t22-,23+/m0/s1. The third kappa shape index (κ3) is 4.20. The van der Waals surface area contributed by atoms with Crippen LogP contribution in [-0.4, -0.2) is 46.5 Å². The second kappa shape index (κ2) is 8.84. The van der Waals surface area contributed by atoms with E-state index in [2.05, 4.69) is 115 Å². The van der Waals surface area contributed by atoms with Crippen LogP contribution >= 0.6 is 6.34 Å². The molecule has 1 aromatic rings. The van der Waals surface area contributed by atoms with Crippen LogP contribution in [0, 0.1) is 0 Å². The first-order chi connectivity index (χ1) is 13.2. The molecule has 2 atom stereocenters. The molecule has 0 aromatic heterocycles. The number of hydrogen-bond acceptors (Lipinski definition) is 2. The maximum absolute atomic E-state index is 6.95. The maximum Gasteiger partial charge on any atom is 0.140 e. The Morgan fingerprint density at radius 3 is 1.52 bits per heavy atom. The molecule has 2 rings (SSSR count). The van der Waals surface area contributed by atoms with Crippen LogP contribution in [0.1, 0.15) is 67.1 Å². The van der Waals surface area contributed by atoms with E-state index in [4.69, 9.17) is 16.5 Å². The Morgan fingerprint density at radius 2 is 1.21 bits per heavy atom. The van der Waals surface area contributed by atoms with Gasteiger partial charge in [-0.1, -0.05) is 61.8 Å². The van der Waals surface area contributed by atoms with Gasteiger partial charge in [0, 0.05) is 24.2 Å². The number of hydrogen-bond donors (Lipinski definition) is 0. The Kier molecular flexibility index (Phi) is 7.69. The molecule has 0 aliphatic carbocycles. The van der Waals surface area contributed by atoms with E-state index in [1.807, 2.05) is 0 Å². The molecule has 3 nitrogen and oxygen atoms in total. The molecule has 0 unspecified atom stereocenters. The number of rotatable bonds is 9. The Labute approximate surface area is 186 Å². The van der Waals surface area contributed by atoms with E-state index in [-0.39, 0.29) is 11.1 Å². The van der Waals surface area contributed by atoms with Gasteiger partial charge < -0.3 is 4.74 Å². The lowest BCUT2D eigenvalue weighted by Gasteiger charge is -2.55. The van der Waals surface area contributed by atoms with Gasteiger partial charge in [-0.15, -0.1) is 0 Å². The van der Waals surface area contributed by atoms with Gasteiger partial charge in [0.1, 0.15) is 17.4 Å². The van der Waals surface area contributed by atoms with E-state index >= 15 is 0 Å². The summed E-state index contributed by atoms with van der Waals surface area (Å²) in [6, 6.07) is 12.3. The van der Waals surface area contributed by atoms with Crippen molar-refractivity contribution in [1.29, 1.82) is 0 Å². The Balaban J connectivity index is 2.82. The van der Waals surface area contributed by atoms with E-state index < -0.39 is 14.4 Å². The van der Waals surface area contributed by atoms with Crippen LogP contribution in [-0.2, 0) is 16.5 Å². The minimum absolute atomic E-state index is 0.0983. The third-order valence-electron chi connectivity index (χ3n) is 5.95. The lowest BCUT2D eigenvalue weighted by atomic mass is 10.2. The zero-order chi connectivity index (χ0) is 22.4. The first-order valence-corrected chi connectivity index (χ1v) is 17.3. The number of benzene rings is 1. The van der Waals surface area contributed by atoms with Crippen molar-refractivity contribution in [3.63, 3.8) is 0 Å². The zero-order valence-corrected chi connectivity index (χ0v) is 23.1. The van der Waals surface area contributed by atoms with Gasteiger partial charge in [0.25, 0.3) is 0 Å². The normalized spacial score (nSPS) is 23.3. The highest BCUT2D eigenvalue weighted by atomic mass is 32.4. The molecule has 1 fully saturated rings. The highest BCUT2D eigenvalue weighted by Crippen LogP contribution is 2.81. The fourth-order valence-electron chi connectivity index (χ4n) is 5.20. The number of nitrogens with zero attached hydrogens (tertiary/aromatic N) is 2.